The molecule has 27 heavy (non-hydrogen) atoms. The molecular weight excluding hydrogens is 342 g/mol. The van der Waals surface area contributed by atoms with Crippen LogP contribution in [0.25, 0.3) is 0 Å². The Morgan fingerprint density at radius 2 is 1.67 bits per heavy atom. The molecule has 1 saturated carbocycles. The maximum atomic E-state index is 12.9. The average molecular weight is 369 g/mol. The van der Waals surface area contributed by atoms with Crippen LogP contribution >= 0.6 is 0 Å². The molecule has 1 aromatic carbocycles. The van der Waals surface area contributed by atoms with Crippen LogP contribution in [0.3, 0.4) is 0 Å². The van der Waals surface area contributed by atoms with Gasteiger partial charge in [0.1, 0.15) is 0 Å². The van der Waals surface area contributed by atoms with Gasteiger partial charge in [-0.2, -0.15) is 0 Å². The zero-order valence-corrected chi connectivity index (χ0v) is 15.8. The van der Waals surface area contributed by atoms with Crippen LogP contribution < -0.4 is 10.2 Å². The van der Waals surface area contributed by atoms with E-state index in [0.717, 1.165) is 24.1 Å². The predicted octanol–water partition coefficient (Wildman–Crippen LogP) is 1.87. The van der Waals surface area contributed by atoms with Crippen LogP contribution in [0.4, 0.5) is 5.69 Å². The minimum Gasteiger partial charge on any atom is -0.353 e. The molecule has 0 unspecified atom stereocenters. The number of likely N-dealkylation sites (tertiary alicyclic amines) is 1. The van der Waals surface area contributed by atoms with Crippen molar-refractivity contribution in [3.05, 3.63) is 29.8 Å². The van der Waals surface area contributed by atoms with Crippen molar-refractivity contribution in [2.24, 2.45) is 11.8 Å². The van der Waals surface area contributed by atoms with Crippen molar-refractivity contribution >= 4 is 23.4 Å². The second-order valence-electron chi connectivity index (χ2n) is 8.12. The first kappa shape index (κ1) is 18.0. The molecule has 1 aliphatic carbocycles. The number of hydrogen-bond donors (Lipinski definition) is 1. The van der Waals surface area contributed by atoms with Crippen LogP contribution in [0.2, 0.25) is 0 Å². The molecule has 2 aliphatic heterocycles. The van der Waals surface area contributed by atoms with Crippen molar-refractivity contribution in [1.29, 1.82) is 0 Å². The van der Waals surface area contributed by atoms with Gasteiger partial charge in [0.2, 0.25) is 17.7 Å². The third kappa shape index (κ3) is 3.99. The highest BCUT2D eigenvalue weighted by molar-refractivity contribution is 6.00. The third-order valence-corrected chi connectivity index (χ3v) is 5.92. The second-order valence-corrected chi connectivity index (χ2v) is 8.12. The summed E-state index contributed by atoms with van der Waals surface area (Å²) in [7, 11) is 0. The molecule has 2 saturated heterocycles. The first-order valence-electron chi connectivity index (χ1n) is 9.97. The second kappa shape index (κ2) is 7.33. The molecule has 0 aromatic heterocycles. The molecule has 0 bridgehead atoms. The third-order valence-electron chi connectivity index (χ3n) is 5.92. The van der Waals surface area contributed by atoms with Crippen LogP contribution in [-0.2, 0) is 14.4 Å². The Morgan fingerprint density at radius 3 is 2.30 bits per heavy atom. The molecule has 0 radical (unpaired) electrons. The number of piperidine rings is 1. The number of carbonyl (C=O) groups excluding carboxylic acids is 3. The molecular formula is C21H27N3O3. The highest BCUT2D eigenvalue weighted by Crippen LogP contribution is 2.28. The summed E-state index contributed by atoms with van der Waals surface area (Å²) >= 11 is 0. The molecule has 3 amide bonds. The van der Waals surface area contributed by atoms with E-state index in [0.29, 0.717) is 38.5 Å². The number of nitrogens with zero attached hydrogens (tertiary/aromatic N) is 2. The van der Waals surface area contributed by atoms with E-state index in [1.807, 2.05) is 36.1 Å². The van der Waals surface area contributed by atoms with E-state index in [-0.39, 0.29) is 36.0 Å². The van der Waals surface area contributed by atoms with Gasteiger partial charge in [-0.15, -0.1) is 0 Å². The van der Waals surface area contributed by atoms with Gasteiger partial charge in [-0.1, -0.05) is 17.7 Å². The van der Waals surface area contributed by atoms with Crippen molar-refractivity contribution in [2.45, 2.75) is 45.1 Å². The summed E-state index contributed by atoms with van der Waals surface area (Å²) in [5.74, 6) is -0.0549. The maximum absolute atomic E-state index is 12.9. The summed E-state index contributed by atoms with van der Waals surface area (Å²) in [4.78, 5) is 41.0. The standard InChI is InChI=1S/C21H27N3O3/c1-14-2-6-18(7-3-14)24-13-16(12-19(24)25)21(27)23-10-8-15(9-11-23)20(26)22-17-4-5-17/h2-3,6-7,15-17H,4-5,8-13H2,1H3,(H,22,26)/t16-/m0/s1. The van der Waals surface area contributed by atoms with Gasteiger partial charge in [0, 0.05) is 43.7 Å². The highest BCUT2D eigenvalue weighted by Gasteiger charge is 2.39. The fourth-order valence-corrected chi connectivity index (χ4v) is 4.01. The lowest BCUT2D eigenvalue weighted by atomic mass is 9.94. The van der Waals surface area contributed by atoms with Gasteiger partial charge in [0.15, 0.2) is 0 Å². The van der Waals surface area contributed by atoms with Crippen LogP contribution in [0.1, 0.15) is 37.7 Å². The normalized spacial score (nSPS) is 23.6. The topological polar surface area (TPSA) is 69.7 Å². The number of carbonyl (C=O) groups is 3. The number of anilines is 1. The van der Waals surface area contributed by atoms with Gasteiger partial charge in [-0.3, -0.25) is 14.4 Å². The Bertz CT molecular complexity index is 734. The molecule has 3 fully saturated rings. The molecule has 144 valence electrons. The fourth-order valence-electron chi connectivity index (χ4n) is 4.01. The van der Waals surface area contributed by atoms with Crippen molar-refractivity contribution in [3.8, 4) is 0 Å². The van der Waals surface area contributed by atoms with E-state index < -0.39 is 0 Å². The Morgan fingerprint density at radius 1 is 1.00 bits per heavy atom. The van der Waals surface area contributed by atoms with E-state index in [9.17, 15) is 14.4 Å². The number of hydrogen-bond acceptors (Lipinski definition) is 3. The van der Waals surface area contributed by atoms with Gasteiger partial charge in [-0.25, -0.2) is 0 Å². The smallest absolute Gasteiger partial charge is 0.228 e. The van der Waals surface area contributed by atoms with Crippen LogP contribution in [0, 0.1) is 18.8 Å². The van der Waals surface area contributed by atoms with Gasteiger partial charge in [0.25, 0.3) is 0 Å². The van der Waals surface area contributed by atoms with Crippen molar-refractivity contribution in [1.82, 2.24) is 10.2 Å². The van der Waals surface area contributed by atoms with Crippen LogP contribution in [0.5, 0.6) is 0 Å². The summed E-state index contributed by atoms with van der Waals surface area (Å²) in [5.41, 5.74) is 2.00. The predicted molar refractivity (Wildman–Crippen MR) is 102 cm³/mol. The number of rotatable bonds is 4. The minimum atomic E-state index is -0.282. The molecule has 2 heterocycles. The molecule has 4 rings (SSSR count). The summed E-state index contributed by atoms with van der Waals surface area (Å²) in [6.45, 7) is 3.67. The van der Waals surface area contributed by atoms with Gasteiger partial charge in [-0.05, 0) is 44.7 Å². The SMILES string of the molecule is Cc1ccc(N2C[C@@H](C(=O)N3CCC(C(=O)NC4CC4)CC3)CC2=O)cc1. The number of amides is 3. The Hall–Kier alpha value is -2.37. The lowest BCUT2D eigenvalue weighted by molar-refractivity contribution is -0.139. The monoisotopic (exact) mass is 369 g/mol. The lowest BCUT2D eigenvalue weighted by Gasteiger charge is -2.33. The number of nitrogens with one attached hydrogen (secondary N) is 1. The van der Waals surface area contributed by atoms with E-state index in [2.05, 4.69) is 5.32 Å². The zero-order chi connectivity index (χ0) is 19.0. The van der Waals surface area contributed by atoms with Crippen LogP contribution in [0.15, 0.2) is 24.3 Å². The molecule has 1 atom stereocenters. The zero-order valence-electron chi connectivity index (χ0n) is 15.8. The first-order chi connectivity index (χ1) is 13.0. The van der Waals surface area contributed by atoms with Crippen molar-refractivity contribution < 1.29 is 14.4 Å². The Balaban J connectivity index is 1.31. The van der Waals surface area contributed by atoms with E-state index in [1.54, 1.807) is 4.90 Å². The summed E-state index contributed by atoms with van der Waals surface area (Å²) < 4.78 is 0. The molecule has 1 aromatic rings. The molecule has 0 spiro atoms. The molecule has 6 heteroatoms. The molecule has 3 aliphatic rings. The summed E-state index contributed by atoms with van der Waals surface area (Å²) in [5, 5.41) is 3.06. The fraction of sp³-hybridized carbons (Fsp3) is 0.571. The van der Waals surface area contributed by atoms with Gasteiger partial charge in [0.05, 0.1) is 5.92 Å². The van der Waals surface area contributed by atoms with E-state index in [4.69, 9.17) is 0 Å². The molecule has 1 N–H and O–H groups in total. The minimum absolute atomic E-state index is 0.0101. The van der Waals surface area contributed by atoms with Gasteiger partial charge >= 0.3 is 0 Å². The maximum Gasteiger partial charge on any atom is 0.228 e. The Labute approximate surface area is 159 Å². The quantitative estimate of drug-likeness (QED) is 0.881. The van der Waals surface area contributed by atoms with Crippen molar-refractivity contribution in [3.63, 3.8) is 0 Å². The summed E-state index contributed by atoms with van der Waals surface area (Å²) in [6.07, 6.45) is 3.89. The summed E-state index contributed by atoms with van der Waals surface area (Å²) in [6, 6.07) is 8.22. The molecule has 6 nitrogen and oxygen atoms in total. The average Bonchev–Trinajstić information content (AvgIpc) is 3.41. The Kier molecular flexibility index (Phi) is 4.89. The van der Waals surface area contributed by atoms with E-state index >= 15 is 0 Å². The van der Waals surface area contributed by atoms with Crippen LogP contribution in [-0.4, -0.2) is 48.3 Å². The lowest BCUT2D eigenvalue weighted by Crippen LogP contribution is -2.45. The van der Waals surface area contributed by atoms with E-state index in [1.165, 1.54) is 0 Å². The van der Waals surface area contributed by atoms with Gasteiger partial charge < -0.3 is 15.1 Å². The number of aryl methyl sites for hydroxylation is 1. The first-order valence-corrected chi connectivity index (χ1v) is 9.97. The largest absolute Gasteiger partial charge is 0.353 e. The highest BCUT2D eigenvalue weighted by atomic mass is 16.2. The number of benzene rings is 1. The van der Waals surface area contributed by atoms with Crippen molar-refractivity contribution in [2.75, 3.05) is 24.5 Å².